The Balaban J connectivity index is 1.62. The average Bonchev–Trinajstić information content (AvgIpc) is 2.91. The van der Waals surface area contributed by atoms with Crippen molar-refractivity contribution in [1.29, 1.82) is 0 Å². The molecule has 3 aromatic rings. The molecule has 7 heteroatoms. The molecule has 194 valence electrons. The molecule has 4 rings (SSSR count). The van der Waals surface area contributed by atoms with Crippen molar-refractivity contribution in [1.82, 2.24) is 10.2 Å². The first-order chi connectivity index (χ1) is 18.0. The van der Waals surface area contributed by atoms with Gasteiger partial charge in [0.15, 0.2) is 6.61 Å². The van der Waals surface area contributed by atoms with Crippen molar-refractivity contribution in [3.8, 4) is 5.75 Å². The van der Waals surface area contributed by atoms with Crippen molar-refractivity contribution in [2.24, 2.45) is 0 Å². The van der Waals surface area contributed by atoms with Crippen LogP contribution in [0.2, 0.25) is 10.0 Å². The second kappa shape index (κ2) is 13.5. The van der Waals surface area contributed by atoms with Crippen LogP contribution in [0, 0.1) is 0 Å². The molecule has 0 saturated heterocycles. The van der Waals surface area contributed by atoms with Crippen LogP contribution in [0.4, 0.5) is 0 Å². The highest BCUT2D eigenvalue weighted by atomic mass is 35.5. The molecule has 1 N–H and O–H groups in total. The summed E-state index contributed by atoms with van der Waals surface area (Å²) in [6.07, 6.45) is 5.69. The zero-order chi connectivity index (χ0) is 26.0. The second-order valence-corrected chi connectivity index (χ2v) is 10.3. The van der Waals surface area contributed by atoms with Gasteiger partial charge in [-0.3, -0.25) is 9.59 Å². The predicted octanol–water partition coefficient (Wildman–Crippen LogP) is 6.46. The average molecular weight is 540 g/mol. The molecule has 1 aliphatic carbocycles. The molecule has 0 aromatic heterocycles. The van der Waals surface area contributed by atoms with E-state index in [9.17, 15) is 9.59 Å². The van der Waals surface area contributed by atoms with E-state index in [1.807, 2.05) is 48.5 Å². The minimum absolute atomic E-state index is 0.125. The van der Waals surface area contributed by atoms with Gasteiger partial charge in [-0.1, -0.05) is 97.1 Å². The fraction of sp³-hybridized carbons (Fsp3) is 0.333. The zero-order valence-corrected chi connectivity index (χ0v) is 22.3. The zero-order valence-electron chi connectivity index (χ0n) is 20.7. The fourth-order valence-electron chi connectivity index (χ4n) is 4.69. The SMILES string of the molecule is O=C(NC1CCCCC1)[C@@H](Cc1ccccc1)N(Cc1ccccc1Cl)C(=O)COc1cccc(Cl)c1. The van der Waals surface area contributed by atoms with E-state index in [2.05, 4.69) is 5.32 Å². The number of benzene rings is 3. The fourth-order valence-corrected chi connectivity index (χ4v) is 5.07. The number of nitrogens with zero attached hydrogens (tertiary/aromatic N) is 1. The Morgan fingerprint density at radius 2 is 1.65 bits per heavy atom. The number of rotatable bonds is 10. The Labute approximate surface area is 228 Å². The van der Waals surface area contributed by atoms with Crippen LogP contribution < -0.4 is 10.1 Å². The van der Waals surface area contributed by atoms with E-state index < -0.39 is 6.04 Å². The Hall–Kier alpha value is -3.02. The Morgan fingerprint density at radius 3 is 2.38 bits per heavy atom. The van der Waals surface area contributed by atoms with Gasteiger partial charge in [0, 0.05) is 29.1 Å². The lowest BCUT2D eigenvalue weighted by atomic mass is 9.94. The number of amides is 2. The molecule has 0 bridgehead atoms. The molecule has 0 radical (unpaired) electrons. The first-order valence-corrected chi connectivity index (χ1v) is 13.5. The molecule has 1 fully saturated rings. The van der Waals surface area contributed by atoms with E-state index in [0.29, 0.717) is 22.2 Å². The first kappa shape index (κ1) is 27.0. The van der Waals surface area contributed by atoms with E-state index >= 15 is 0 Å². The molecule has 5 nitrogen and oxygen atoms in total. The highest BCUT2D eigenvalue weighted by Crippen LogP contribution is 2.23. The van der Waals surface area contributed by atoms with Crippen LogP contribution in [-0.2, 0) is 22.6 Å². The van der Waals surface area contributed by atoms with Crippen LogP contribution in [0.5, 0.6) is 5.75 Å². The maximum absolute atomic E-state index is 13.8. The highest BCUT2D eigenvalue weighted by Gasteiger charge is 2.32. The molecule has 2 amide bonds. The maximum Gasteiger partial charge on any atom is 0.261 e. The smallest absolute Gasteiger partial charge is 0.261 e. The van der Waals surface area contributed by atoms with Gasteiger partial charge >= 0.3 is 0 Å². The van der Waals surface area contributed by atoms with Gasteiger partial charge in [-0.15, -0.1) is 0 Å². The molecule has 0 unspecified atom stereocenters. The molecular formula is C30H32Cl2N2O3. The topological polar surface area (TPSA) is 58.6 Å². The molecule has 0 spiro atoms. The number of halogens is 2. The van der Waals surface area contributed by atoms with Crippen molar-refractivity contribution < 1.29 is 14.3 Å². The third-order valence-corrected chi connectivity index (χ3v) is 7.28. The van der Waals surface area contributed by atoms with Gasteiger partial charge in [0.1, 0.15) is 11.8 Å². The van der Waals surface area contributed by atoms with Gasteiger partial charge in [-0.25, -0.2) is 0 Å². The lowest BCUT2D eigenvalue weighted by molar-refractivity contribution is -0.143. The van der Waals surface area contributed by atoms with Crippen molar-refractivity contribution in [2.75, 3.05) is 6.61 Å². The second-order valence-electron chi connectivity index (χ2n) is 9.41. The van der Waals surface area contributed by atoms with Crippen LogP contribution in [0.1, 0.15) is 43.2 Å². The minimum atomic E-state index is -0.726. The van der Waals surface area contributed by atoms with E-state index in [4.69, 9.17) is 27.9 Å². The van der Waals surface area contributed by atoms with Gasteiger partial charge in [0.25, 0.3) is 5.91 Å². The summed E-state index contributed by atoms with van der Waals surface area (Å²) in [5.41, 5.74) is 1.74. The molecule has 3 aromatic carbocycles. The van der Waals surface area contributed by atoms with Gasteiger partial charge in [0.05, 0.1) is 0 Å². The van der Waals surface area contributed by atoms with E-state index in [1.54, 1.807) is 35.2 Å². The van der Waals surface area contributed by atoms with Crippen molar-refractivity contribution >= 4 is 35.0 Å². The third kappa shape index (κ3) is 7.98. The van der Waals surface area contributed by atoms with Crippen molar-refractivity contribution in [3.63, 3.8) is 0 Å². The number of carbonyl (C=O) groups is 2. The number of carbonyl (C=O) groups excluding carboxylic acids is 2. The van der Waals surface area contributed by atoms with E-state index in [0.717, 1.165) is 36.8 Å². The predicted molar refractivity (Wildman–Crippen MR) is 148 cm³/mol. The summed E-state index contributed by atoms with van der Waals surface area (Å²) in [4.78, 5) is 29.0. The van der Waals surface area contributed by atoms with Crippen LogP contribution in [0.3, 0.4) is 0 Å². The quantitative estimate of drug-likeness (QED) is 0.322. The van der Waals surface area contributed by atoms with Gasteiger partial charge in [-0.05, 0) is 48.2 Å². The van der Waals surface area contributed by atoms with E-state index in [-0.39, 0.29) is 31.0 Å². The van der Waals surface area contributed by atoms with Crippen LogP contribution in [0.25, 0.3) is 0 Å². The summed E-state index contributed by atoms with van der Waals surface area (Å²) in [7, 11) is 0. The molecule has 0 aliphatic heterocycles. The van der Waals surface area contributed by atoms with Crippen LogP contribution in [-0.4, -0.2) is 35.4 Å². The van der Waals surface area contributed by atoms with Gasteiger partial charge in [-0.2, -0.15) is 0 Å². The summed E-state index contributed by atoms with van der Waals surface area (Å²) in [6, 6.07) is 23.4. The molecule has 0 heterocycles. The lowest BCUT2D eigenvalue weighted by Crippen LogP contribution is -2.53. The highest BCUT2D eigenvalue weighted by molar-refractivity contribution is 6.31. The number of nitrogens with one attached hydrogen (secondary N) is 1. The van der Waals surface area contributed by atoms with Crippen molar-refractivity contribution in [2.45, 2.75) is 57.2 Å². The molecule has 1 atom stereocenters. The normalized spacial score (nSPS) is 14.5. The minimum Gasteiger partial charge on any atom is -0.484 e. The maximum atomic E-state index is 13.8. The number of ether oxygens (including phenoxy) is 1. The first-order valence-electron chi connectivity index (χ1n) is 12.7. The Morgan fingerprint density at radius 1 is 0.919 bits per heavy atom. The largest absolute Gasteiger partial charge is 0.484 e. The molecule has 1 saturated carbocycles. The molecular weight excluding hydrogens is 507 g/mol. The van der Waals surface area contributed by atoms with Gasteiger partial charge < -0.3 is 15.0 Å². The molecule has 37 heavy (non-hydrogen) atoms. The number of hydrogen-bond acceptors (Lipinski definition) is 3. The summed E-state index contributed by atoms with van der Waals surface area (Å²) in [5, 5.41) is 4.30. The lowest BCUT2D eigenvalue weighted by Gasteiger charge is -2.33. The van der Waals surface area contributed by atoms with Gasteiger partial charge in [0.2, 0.25) is 5.91 Å². The van der Waals surface area contributed by atoms with E-state index in [1.165, 1.54) is 6.42 Å². The monoisotopic (exact) mass is 538 g/mol. The van der Waals surface area contributed by atoms with Crippen LogP contribution >= 0.6 is 23.2 Å². The standard InChI is InChI=1S/C30H32Cl2N2O3/c31-24-13-9-16-26(19-24)37-21-29(35)34(20-23-12-7-8-17-27(23)32)28(18-22-10-3-1-4-11-22)30(36)33-25-14-5-2-6-15-25/h1,3-4,7-13,16-17,19,25,28H,2,5-6,14-15,18,20-21H2,(H,33,36)/t28-/m1/s1. The Bertz CT molecular complexity index is 1180. The third-order valence-electron chi connectivity index (χ3n) is 6.68. The van der Waals surface area contributed by atoms with Crippen LogP contribution in [0.15, 0.2) is 78.9 Å². The summed E-state index contributed by atoms with van der Waals surface area (Å²) in [6.45, 7) is -0.0419. The number of hydrogen-bond donors (Lipinski definition) is 1. The summed E-state index contributed by atoms with van der Waals surface area (Å²) in [5.74, 6) is 0.0309. The summed E-state index contributed by atoms with van der Waals surface area (Å²) < 4.78 is 5.79. The molecule has 1 aliphatic rings. The van der Waals surface area contributed by atoms with Crippen molar-refractivity contribution in [3.05, 3.63) is 100 Å². The summed E-state index contributed by atoms with van der Waals surface area (Å²) >= 11 is 12.6. The Kier molecular flexibility index (Phi) is 9.86.